The van der Waals surface area contributed by atoms with Crippen LogP contribution in [-0.4, -0.2) is 11.8 Å². The number of alkyl halides is 2. The lowest BCUT2D eigenvalue weighted by Gasteiger charge is -2.32. The molecule has 16 heavy (non-hydrogen) atoms. The van der Waals surface area contributed by atoms with Gasteiger partial charge in [0.1, 0.15) is 0 Å². The van der Waals surface area contributed by atoms with Crippen molar-refractivity contribution in [1.82, 2.24) is 0 Å². The molecule has 0 radical (unpaired) electrons. The van der Waals surface area contributed by atoms with Crippen LogP contribution in [0.3, 0.4) is 0 Å². The zero-order chi connectivity index (χ0) is 12.0. The summed E-state index contributed by atoms with van der Waals surface area (Å²) < 4.78 is 0. The molecule has 1 atom stereocenters. The lowest BCUT2D eigenvalue weighted by molar-refractivity contribution is 0.380. The first-order valence-electron chi connectivity index (χ1n) is 5.86. The molecule has 2 heteroatoms. The lowest BCUT2D eigenvalue weighted by atomic mass is 9.76. The third-order valence-electron chi connectivity index (χ3n) is 3.33. The first-order valence-corrected chi connectivity index (χ1v) is 6.93. The van der Waals surface area contributed by atoms with Crippen molar-refractivity contribution in [3.63, 3.8) is 0 Å². The van der Waals surface area contributed by atoms with Crippen LogP contribution in [0.15, 0.2) is 30.3 Å². The molecular weight excluding hydrogens is 239 g/mol. The molecule has 1 unspecified atom stereocenters. The largest absolute Gasteiger partial charge is 0.126 e. The number of halogens is 2. The van der Waals surface area contributed by atoms with E-state index in [1.807, 2.05) is 6.07 Å². The molecule has 1 aromatic carbocycles. The molecule has 0 aliphatic rings. The van der Waals surface area contributed by atoms with Gasteiger partial charge < -0.3 is 0 Å². The van der Waals surface area contributed by atoms with Gasteiger partial charge in [-0.2, -0.15) is 0 Å². The predicted molar refractivity (Wildman–Crippen MR) is 73.6 cm³/mol. The highest BCUT2D eigenvalue weighted by Crippen LogP contribution is 2.34. The van der Waals surface area contributed by atoms with Gasteiger partial charge in [-0.3, -0.25) is 0 Å². The van der Waals surface area contributed by atoms with Gasteiger partial charge in [0.25, 0.3) is 0 Å². The zero-order valence-corrected chi connectivity index (χ0v) is 11.6. The van der Waals surface area contributed by atoms with E-state index in [4.69, 9.17) is 23.2 Å². The Kier molecular flexibility index (Phi) is 5.64. The predicted octanol–water partition coefficient (Wildman–Crippen LogP) is 4.84. The minimum Gasteiger partial charge on any atom is -0.126 e. The van der Waals surface area contributed by atoms with E-state index in [2.05, 4.69) is 38.1 Å². The molecule has 1 aromatic rings. The first kappa shape index (κ1) is 13.9. The molecule has 0 bridgehead atoms. The Bertz CT molecular complexity index is 291. The minimum atomic E-state index is -0.0696. The summed E-state index contributed by atoms with van der Waals surface area (Å²) in [5, 5.41) is 0. The highest BCUT2D eigenvalue weighted by atomic mass is 35.5. The molecule has 0 nitrogen and oxygen atoms in total. The standard InChI is InChI=1S/C14H20Cl2/c1-3-12(2)9-14(10-15,11-16)13-7-5-4-6-8-13/h4-8,12H,3,9-11H2,1-2H3. The van der Waals surface area contributed by atoms with Gasteiger partial charge >= 0.3 is 0 Å². The number of rotatable bonds is 6. The minimum absolute atomic E-state index is 0.0696. The Balaban J connectivity index is 2.96. The summed E-state index contributed by atoms with van der Waals surface area (Å²) in [5.74, 6) is 1.83. The van der Waals surface area contributed by atoms with Gasteiger partial charge in [0.15, 0.2) is 0 Å². The number of hydrogen-bond donors (Lipinski definition) is 0. The fraction of sp³-hybridized carbons (Fsp3) is 0.571. The van der Waals surface area contributed by atoms with Gasteiger partial charge in [0, 0.05) is 17.2 Å². The summed E-state index contributed by atoms with van der Waals surface area (Å²) in [6, 6.07) is 10.4. The van der Waals surface area contributed by atoms with Crippen LogP contribution < -0.4 is 0 Å². The van der Waals surface area contributed by atoms with Crippen molar-refractivity contribution in [3.05, 3.63) is 35.9 Å². The molecule has 0 aromatic heterocycles. The zero-order valence-electron chi connectivity index (χ0n) is 10.0. The summed E-state index contributed by atoms with van der Waals surface area (Å²) in [7, 11) is 0. The van der Waals surface area contributed by atoms with Crippen LogP contribution in [0, 0.1) is 5.92 Å². The average Bonchev–Trinajstić information content (AvgIpc) is 2.37. The van der Waals surface area contributed by atoms with Crippen LogP contribution in [0.1, 0.15) is 32.3 Å². The van der Waals surface area contributed by atoms with Crippen molar-refractivity contribution in [2.75, 3.05) is 11.8 Å². The third kappa shape index (κ3) is 3.15. The van der Waals surface area contributed by atoms with Crippen LogP contribution in [0.4, 0.5) is 0 Å². The molecule has 0 aliphatic heterocycles. The lowest BCUT2D eigenvalue weighted by Crippen LogP contribution is -2.32. The number of benzene rings is 1. The first-order chi connectivity index (χ1) is 7.68. The second-order valence-corrected chi connectivity index (χ2v) is 5.17. The molecule has 0 aliphatic carbocycles. The normalized spacial score (nSPS) is 13.8. The van der Waals surface area contributed by atoms with Crippen LogP contribution >= 0.6 is 23.2 Å². The Morgan fingerprint density at radius 1 is 1.12 bits per heavy atom. The molecule has 0 saturated heterocycles. The molecule has 1 rings (SSSR count). The molecule has 0 saturated carbocycles. The van der Waals surface area contributed by atoms with Crippen LogP contribution in [0.2, 0.25) is 0 Å². The van der Waals surface area contributed by atoms with Gasteiger partial charge in [-0.1, -0.05) is 50.6 Å². The molecule has 0 fully saturated rings. The van der Waals surface area contributed by atoms with Crippen molar-refractivity contribution in [2.24, 2.45) is 5.92 Å². The van der Waals surface area contributed by atoms with Gasteiger partial charge in [-0.15, -0.1) is 23.2 Å². The van der Waals surface area contributed by atoms with E-state index in [0.717, 1.165) is 6.42 Å². The molecular formula is C14H20Cl2. The van der Waals surface area contributed by atoms with E-state index >= 15 is 0 Å². The van der Waals surface area contributed by atoms with Crippen molar-refractivity contribution in [2.45, 2.75) is 32.1 Å². The maximum atomic E-state index is 6.18. The van der Waals surface area contributed by atoms with Crippen molar-refractivity contribution < 1.29 is 0 Å². The Morgan fingerprint density at radius 2 is 1.69 bits per heavy atom. The van der Waals surface area contributed by atoms with E-state index in [-0.39, 0.29) is 5.41 Å². The summed E-state index contributed by atoms with van der Waals surface area (Å²) in [5.41, 5.74) is 1.19. The SMILES string of the molecule is CCC(C)CC(CCl)(CCl)c1ccccc1. The summed E-state index contributed by atoms with van der Waals surface area (Å²) in [6.45, 7) is 4.47. The smallest absolute Gasteiger partial charge is 0.0332 e. The van der Waals surface area contributed by atoms with Gasteiger partial charge in [-0.25, -0.2) is 0 Å². The van der Waals surface area contributed by atoms with E-state index in [1.165, 1.54) is 12.0 Å². The quantitative estimate of drug-likeness (QED) is 0.641. The summed E-state index contributed by atoms with van der Waals surface area (Å²) >= 11 is 12.4. The van der Waals surface area contributed by atoms with Crippen LogP contribution in [0.5, 0.6) is 0 Å². The Morgan fingerprint density at radius 3 is 2.12 bits per heavy atom. The molecule has 0 heterocycles. The number of hydrogen-bond acceptors (Lipinski definition) is 0. The van der Waals surface area contributed by atoms with Crippen LogP contribution in [-0.2, 0) is 5.41 Å². The second-order valence-electron chi connectivity index (χ2n) is 4.63. The maximum Gasteiger partial charge on any atom is 0.0332 e. The van der Waals surface area contributed by atoms with Crippen LogP contribution in [0.25, 0.3) is 0 Å². The molecule has 0 N–H and O–H groups in total. The monoisotopic (exact) mass is 258 g/mol. The molecule has 0 spiro atoms. The average molecular weight is 259 g/mol. The summed E-state index contributed by atoms with van der Waals surface area (Å²) in [4.78, 5) is 0. The van der Waals surface area contributed by atoms with Gasteiger partial charge in [0.05, 0.1) is 0 Å². The van der Waals surface area contributed by atoms with E-state index in [0.29, 0.717) is 17.7 Å². The Labute approximate surface area is 109 Å². The second kappa shape index (κ2) is 6.51. The van der Waals surface area contributed by atoms with Gasteiger partial charge in [0.2, 0.25) is 0 Å². The van der Waals surface area contributed by atoms with Crippen molar-refractivity contribution >= 4 is 23.2 Å². The molecule has 0 amide bonds. The van der Waals surface area contributed by atoms with E-state index < -0.39 is 0 Å². The van der Waals surface area contributed by atoms with E-state index in [1.54, 1.807) is 0 Å². The highest BCUT2D eigenvalue weighted by Gasteiger charge is 2.31. The third-order valence-corrected chi connectivity index (χ3v) is 4.36. The Hall–Kier alpha value is -0.200. The van der Waals surface area contributed by atoms with E-state index in [9.17, 15) is 0 Å². The highest BCUT2D eigenvalue weighted by molar-refractivity contribution is 6.22. The molecule has 90 valence electrons. The fourth-order valence-electron chi connectivity index (χ4n) is 2.02. The topological polar surface area (TPSA) is 0 Å². The summed E-state index contributed by atoms with van der Waals surface area (Å²) in [6.07, 6.45) is 2.23. The van der Waals surface area contributed by atoms with Gasteiger partial charge in [-0.05, 0) is 17.9 Å². The van der Waals surface area contributed by atoms with Crippen molar-refractivity contribution in [1.29, 1.82) is 0 Å². The van der Waals surface area contributed by atoms with Crippen molar-refractivity contribution in [3.8, 4) is 0 Å². The maximum absolute atomic E-state index is 6.18. The fourth-order valence-corrected chi connectivity index (χ4v) is 2.83.